The highest BCUT2D eigenvalue weighted by atomic mass is 19.1. The summed E-state index contributed by atoms with van der Waals surface area (Å²) in [5.74, 6) is -1.10. The minimum absolute atomic E-state index is 0.0518. The van der Waals surface area contributed by atoms with E-state index in [0.29, 0.717) is 25.3 Å². The second kappa shape index (κ2) is 6.95. The number of halogens is 2. The quantitative estimate of drug-likeness (QED) is 0.759. The molecule has 3 aromatic rings. The number of aromatic amines is 1. The van der Waals surface area contributed by atoms with E-state index in [1.54, 1.807) is 4.90 Å². The SMILES string of the molecule is CC(C(=O)N1CCc2nc(-c3ccc(F)cc3F)[nH]c2C1)c1ccccc1. The molecule has 0 spiro atoms. The molecule has 4 nitrogen and oxygen atoms in total. The molecule has 1 aliphatic heterocycles. The average Bonchev–Trinajstić information content (AvgIpc) is 3.10. The van der Waals surface area contributed by atoms with E-state index >= 15 is 0 Å². The van der Waals surface area contributed by atoms with Crippen molar-refractivity contribution in [3.63, 3.8) is 0 Å². The summed E-state index contributed by atoms with van der Waals surface area (Å²) in [6, 6.07) is 13.1. The van der Waals surface area contributed by atoms with Crippen molar-refractivity contribution in [2.24, 2.45) is 0 Å². The molecule has 1 unspecified atom stereocenters. The molecule has 2 aromatic carbocycles. The number of benzene rings is 2. The van der Waals surface area contributed by atoms with E-state index in [0.717, 1.165) is 23.0 Å². The lowest BCUT2D eigenvalue weighted by Gasteiger charge is -2.29. The molecule has 1 aliphatic rings. The van der Waals surface area contributed by atoms with Crippen LogP contribution < -0.4 is 0 Å². The van der Waals surface area contributed by atoms with Crippen LogP contribution in [0.4, 0.5) is 8.78 Å². The van der Waals surface area contributed by atoms with Crippen LogP contribution in [0.2, 0.25) is 0 Å². The monoisotopic (exact) mass is 367 g/mol. The molecular weight excluding hydrogens is 348 g/mol. The minimum Gasteiger partial charge on any atom is -0.340 e. The summed E-state index contributed by atoms with van der Waals surface area (Å²) >= 11 is 0. The average molecular weight is 367 g/mol. The van der Waals surface area contributed by atoms with E-state index < -0.39 is 11.6 Å². The van der Waals surface area contributed by atoms with Crippen LogP contribution in [0.25, 0.3) is 11.4 Å². The molecule has 0 fully saturated rings. The third-order valence-corrected chi connectivity index (χ3v) is 5.00. The number of nitrogens with one attached hydrogen (secondary N) is 1. The number of H-pyrrole nitrogens is 1. The van der Waals surface area contributed by atoms with Crippen LogP contribution >= 0.6 is 0 Å². The molecule has 0 saturated heterocycles. The fourth-order valence-corrected chi connectivity index (χ4v) is 3.45. The van der Waals surface area contributed by atoms with Gasteiger partial charge in [0.15, 0.2) is 0 Å². The fourth-order valence-electron chi connectivity index (χ4n) is 3.45. The standard InChI is InChI=1S/C21H19F2N3O/c1-13(14-5-3-2-4-6-14)21(27)26-10-9-18-19(12-26)25-20(24-18)16-8-7-15(22)11-17(16)23/h2-8,11,13H,9-10,12H2,1H3,(H,24,25). The number of rotatable bonds is 3. The Morgan fingerprint density at radius 1 is 1.19 bits per heavy atom. The molecule has 27 heavy (non-hydrogen) atoms. The summed E-state index contributed by atoms with van der Waals surface area (Å²) < 4.78 is 27.2. The van der Waals surface area contributed by atoms with Crippen molar-refractivity contribution < 1.29 is 13.6 Å². The summed E-state index contributed by atoms with van der Waals surface area (Å²) in [6.07, 6.45) is 0.599. The summed E-state index contributed by atoms with van der Waals surface area (Å²) in [4.78, 5) is 22.2. The highest BCUT2D eigenvalue weighted by Crippen LogP contribution is 2.27. The van der Waals surface area contributed by atoms with Gasteiger partial charge in [-0.2, -0.15) is 0 Å². The molecule has 2 heterocycles. The molecule has 0 saturated carbocycles. The van der Waals surface area contributed by atoms with E-state index in [1.807, 2.05) is 37.3 Å². The third-order valence-electron chi connectivity index (χ3n) is 5.00. The van der Waals surface area contributed by atoms with Gasteiger partial charge in [0.25, 0.3) is 0 Å². The maximum absolute atomic E-state index is 14.0. The zero-order valence-electron chi connectivity index (χ0n) is 14.9. The predicted octanol–water partition coefficient (Wildman–Crippen LogP) is 4.04. The Bertz CT molecular complexity index is 984. The first-order valence-corrected chi connectivity index (χ1v) is 8.90. The van der Waals surface area contributed by atoms with Gasteiger partial charge in [0, 0.05) is 19.0 Å². The van der Waals surface area contributed by atoms with Crippen molar-refractivity contribution in [2.45, 2.75) is 25.8 Å². The second-order valence-electron chi connectivity index (χ2n) is 6.78. The van der Waals surface area contributed by atoms with Gasteiger partial charge in [0.1, 0.15) is 17.5 Å². The summed E-state index contributed by atoms with van der Waals surface area (Å²) in [5.41, 5.74) is 2.83. The van der Waals surface area contributed by atoms with E-state index in [2.05, 4.69) is 9.97 Å². The first-order valence-electron chi connectivity index (χ1n) is 8.90. The largest absolute Gasteiger partial charge is 0.340 e. The van der Waals surface area contributed by atoms with E-state index in [4.69, 9.17) is 0 Å². The normalized spacial score (nSPS) is 14.7. The number of carbonyl (C=O) groups is 1. The Labute approximate surface area is 155 Å². The smallest absolute Gasteiger partial charge is 0.230 e. The minimum atomic E-state index is -0.660. The Balaban J connectivity index is 1.55. The number of amides is 1. The summed E-state index contributed by atoms with van der Waals surface area (Å²) in [5, 5.41) is 0. The van der Waals surface area contributed by atoms with Gasteiger partial charge in [-0.05, 0) is 24.6 Å². The lowest BCUT2D eigenvalue weighted by Crippen LogP contribution is -2.38. The molecule has 0 radical (unpaired) electrons. The summed E-state index contributed by atoms with van der Waals surface area (Å²) in [7, 11) is 0. The number of hydrogen-bond acceptors (Lipinski definition) is 2. The molecule has 0 aliphatic carbocycles. The van der Waals surface area contributed by atoms with Crippen molar-refractivity contribution >= 4 is 5.91 Å². The van der Waals surface area contributed by atoms with Gasteiger partial charge in [-0.3, -0.25) is 4.79 Å². The molecule has 1 amide bonds. The van der Waals surface area contributed by atoms with Crippen LogP contribution in [0, 0.1) is 11.6 Å². The van der Waals surface area contributed by atoms with Crippen LogP contribution in [-0.4, -0.2) is 27.3 Å². The van der Waals surface area contributed by atoms with Crippen LogP contribution in [0.15, 0.2) is 48.5 Å². The van der Waals surface area contributed by atoms with E-state index in [1.165, 1.54) is 12.1 Å². The molecule has 1 aromatic heterocycles. The number of carbonyl (C=O) groups excluding carboxylic acids is 1. The van der Waals surface area contributed by atoms with Crippen molar-refractivity contribution in [3.05, 3.63) is 77.1 Å². The van der Waals surface area contributed by atoms with Gasteiger partial charge in [-0.25, -0.2) is 13.8 Å². The molecule has 6 heteroatoms. The Kier molecular flexibility index (Phi) is 4.48. The van der Waals surface area contributed by atoms with Crippen LogP contribution in [-0.2, 0) is 17.8 Å². The third kappa shape index (κ3) is 3.35. The number of fused-ring (bicyclic) bond motifs is 1. The highest BCUT2D eigenvalue weighted by molar-refractivity contribution is 5.83. The molecule has 138 valence electrons. The highest BCUT2D eigenvalue weighted by Gasteiger charge is 2.28. The maximum atomic E-state index is 14.0. The van der Waals surface area contributed by atoms with Crippen LogP contribution in [0.3, 0.4) is 0 Å². The first kappa shape index (κ1) is 17.4. The number of hydrogen-bond donors (Lipinski definition) is 1. The fraction of sp³-hybridized carbons (Fsp3) is 0.238. The summed E-state index contributed by atoms with van der Waals surface area (Å²) in [6.45, 7) is 2.87. The zero-order chi connectivity index (χ0) is 19.0. The lowest BCUT2D eigenvalue weighted by atomic mass is 9.98. The van der Waals surface area contributed by atoms with Crippen molar-refractivity contribution in [2.75, 3.05) is 6.54 Å². The van der Waals surface area contributed by atoms with Crippen LogP contribution in [0.1, 0.15) is 29.8 Å². The van der Waals surface area contributed by atoms with E-state index in [9.17, 15) is 13.6 Å². The van der Waals surface area contributed by atoms with E-state index in [-0.39, 0.29) is 17.4 Å². The zero-order valence-corrected chi connectivity index (χ0v) is 14.9. The maximum Gasteiger partial charge on any atom is 0.230 e. The Morgan fingerprint density at radius 3 is 2.70 bits per heavy atom. The van der Waals surface area contributed by atoms with Gasteiger partial charge in [-0.1, -0.05) is 30.3 Å². The lowest BCUT2D eigenvalue weighted by molar-refractivity contribution is -0.133. The number of aromatic nitrogens is 2. The van der Waals surface area contributed by atoms with Gasteiger partial charge < -0.3 is 9.88 Å². The van der Waals surface area contributed by atoms with Gasteiger partial charge >= 0.3 is 0 Å². The first-order chi connectivity index (χ1) is 13.0. The van der Waals surface area contributed by atoms with Gasteiger partial charge in [0.05, 0.1) is 29.4 Å². The molecule has 1 atom stereocenters. The Hall–Kier alpha value is -3.02. The van der Waals surface area contributed by atoms with Gasteiger partial charge in [-0.15, -0.1) is 0 Å². The molecule has 0 bridgehead atoms. The van der Waals surface area contributed by atoms with Crippen molar-refractivity contribution in [1.29, 1.82) is 0 Å². The van der Waals surface area contributed by atoms with Crippen LogP contribution in [0.5, 0.6) is 0 Å². The van der Waals surface area contributed by atoms with Crippen molar-refractivity contribution in [3.8, 4) is 11.4 Å². The number of nitrogens with zero attached hydrogens (tertiary/aromatic N) is 2. The molecule has 1 N–H and O–H groups in total. The molecule has 4 rings (SSSR count). The second-order valence-corrected chi connectivity index (χ2v) is 6.78. The molecular formula is C21H19F2N3O. The number of imidazole rings is 1. The predicted molar refractivity (Wildman–Crippen MR) is 97.9 cm³/mol. The topological polar surface area (TPSA) is 49.0 Å². The van der Waals surface area contributed by atoms with Crippen molar-refractivity contribution in [1.82, 2.24) is 14.9 Å². The Morgan fingerprint density at radius 2 is 1.96 bits per heavy atom. The van der Waals surface area contributed by atoms with Gasteiger partial charge in [0.2, 0.25) is 5.91 Å².